The second-order valence-corrected chi connectivity index (χ2v) is 6.81. The van der Waals surface area contributed by atoms with E-state index in [1.54, 1.807) is 11.3 Å². The SMILES string of the molecule is O=C(O)Cc1csc(C2(c3ccc(Cl)cc3)CCCC2)n1. The normalized spacial score (nSPS) is 17.0. The fourth-order valence-electron chi connectivity index (χ4n) is 3.14. The van der Waals surface area contributed by atoms with Gasteiger partial charge in [0, 0.05) is 15.8 Å². The Morgan fingerprint density at radius 1 is 1.29 bits per heavy atom. The molecule has 1 aromatic heterocycles. The third-order valence-corrected chi connectivity index (χ3v) is 5.49. The van der Waals surface area contributed by atoms with Crippen molar-refractivity contribution in [2.45, 2.75) is 37.5 Å². The molecule has 0 spiro atoms. The van der Waals surface area contributed by atoms with E-state index in [9.17, 15) is 4.79 Å². The fraction of sp³-hybridized carbons (Fsp3) is 0.375. The van der Waals surface area contributed by atoms with Crippen molar-refractivity contribution in [3.8, 4) is 0 Å². The van der Waals surface area contributed by atoms with Crippen LogP contribution >= 0.6 is 22.9 Å². The minimum atomic E-state index is -0.834. The number of carboxylic acid groups (broad SMARTS) is 1. The zero-order valence-electron chi connectivity index (χ0n) is 11.5. The topological polar surface area (TPSA) is 50.2 Å². The summed E-state index contributed by atoms with van der Waals surface area (Å²) in [5, 5.41) is 12.6. The zero-order chi connectivity index (χ0) is 14.9. The summed E-state index contributed by atoms with van der Waals surface area (Å²) in [5.74, 6) is -0.834. The molecule has 0 radical (unpaired) electrons. The molecule has 0 atom stereocenters. The lowest BCUT2D eigenvalue weighted by atomic mass is 9.79. The molecule has 1 saturated carbocycles. The lowest BCUT2D eigenvalue weighted by Crippen LogP contribution is -2.23. The molecule has 2 aromatic rings. The predicted octanol–water partition coefficient (Wildman–Crippen LogP) is 4.28. The van der Waals surface area contributed by atoms with Crippen molar-refractivity contribution in [2.75, 3.05) is 0 Å². The van der Waals surface area contributed by atoms with E-state index in [1.165, 1.54) is 18.4 Å². The Balaban J connectivity index is 1.99. The standard InChI is InChI=1S/C16H16ClNO2S/c17-12-5-3-11(4-6-12)16(7-1-2-8-16)15-18-13(10-21-15)9-14(19)20/h3-6,10H,1-2,7-9H2,(H,19,20). The van der Waals surface area contributed by atoms with Crippen LogP contribution in [0.4, 0.5) is 0 Å². The van der Waals surface area contributed by atoms with E-state index in [1.807, 2.05) is 17.5 Å². The van der Waals surface area contributed by atoms with Crippen LogP contribution in [0.1, 0.15) is 41.9 Å². The van der Waals surface area contributed by atoms with Crippen molar-refractivity contribution in [3.05, 3.63) is 50.9 Å². The van der Waals surface area contributed by atoms with Gasteiger partial charge in [-0.2, -0.15) is 0 Å². The predicted molar refractivity (Wildman–Crippen MR) is 84.2 cm³/mol. The fourth-order valence-corrected chi connectivity index (χ4v) is 4.36. The summed E-state index contributed by atoms with van der Waals surface area (Å²) in [7, 11) is 0. The first kappa shape index (κ1) is 14.5. The smallest absolute Gasteiger partial charge is 0.309 e. The van der Waals surface area contributed by atoms with Gasteiger partial charge in [-0.05, 0) is 30.5 Å². The number of halogens is 1. The molecule has 1 aliphatic carbocycles. The number of aliphatic carboxylic acids is 1. The molecule has 0 unspecified atom stereocenters. The molecule has 3 rings (SSSR count). The van der Waals surface area contributed by atoms with Gasteiger partial charge in [0.25, 0.3) is 0 Å². The number of thiazole rings is 1. The van der Waals surface area contributed by atoms with Crippen molar-refractivity contribution >= 4 is 28.9 Å². The Labute approximate surface area is 132 Å². The Morgan fingerprint density at radius 2 is 1.95 bits per heavy atom. The van der Waals surface area contributed by atoms with Crippen LogP contribution in [0.3, 0.4) is 0 Å². The molecule has 0 aliphatic heterocycles. The number of hydrogen-bond donors (Lipinski definition) is 1. The quantitative estimate of drug-likeness (QED) is 0.914. The number of carboxylic acids is 1. The second kappa shape index (κ2) is 5.78. The van der Waals surface area contributed by atoms with Crippen LogP contribution in [-0.4, -0.2) is 16.1 Å². The van der Waals surface area contributed by atoms with Crippen LogP contribution < -0.4 is 0 Å². The van der Waals surface area contributed by atoms with Crippen molar-refractivity contribution in [3.63, 3.8) is 0 Å². The molecule has 1 heterocycles. The molecule has 110 valence electrons. The van der Waals surface area contributed by atoms with Crippen LogP contribution in [-0.2, 0) is 16.6 Å². The Morgan fingerprint density at radius 3 is 2.57 bits per heavy atom. The number of nitrogens with zero attached hydrogens (tertiary/aromatic N) is 1. The highest BCUT2D eigenvalue weighted by atomic mass is 35.5. The molecule has 5 heteroatoms. The van der Waals surface area contributed by atoms with Crippen molar-refractivity contribution < 1.29 is 9.90 Å². The molecule has 0 bridgehead atoms. The van der Waals surface area contributed by atoms with Crippen molar-refractivity contribution in [2.24, 2.45) is 0 Å². The maximum absolute atomic E-state index is 10.8. The molecule has 1 fully saturated rings. The maximum atomic E-state index is 10.8. The van der Waals surface area contributed by atoms with Crippen LogP contribution in [0.25, 0.3) is 0 Å². The summed E-state index contributed by atoms with van der Waals surface area (Å²) in [4.78, 5) is 15.4. The van der Waals surface area contributed by atoms with Gasteiger partial charge in [-0.25, -0.2) is 4.98 Å². The van der Waals surface area contributed by atoms with Gasteiger partial charge in [-0.3, -0.25) is 4.79 Å². The number of hydrogen-bond acceptors (Lipinski definition) is 3. The minimum absolute atomic E-state index is 0.00675. The molecule has 0 amide bonds. The van der Waals surface area contributed by atoms with Gasteiger partial charge in [0.1, 0.15) is 5.01 Å². The van der Waals surface area contributed by atoms with Gasteiger partial charge >= 0.3 is 5.97 Å². The highest BCUT2D eigenvalue weighted by Crippen LogP contribution is 2.47. The van der Waals surface area contributed by atoms with E-state index < -0.39 is 5.97 Å². The Hall–Kier alpha value is -1.39. The van der Waals surface area contributed by atoms with E-state index in [4.69, 9.17) is 16.7 Å². The average molecular weight is 322 g/mol. The molecule has 1 N–H and O–H groups in total. The molecule has 1 aromatic carbocycles. The summed E-state index contributed by atoms with van der Waals surface area (Å²) in [5.41, 5.74) is 1.83. The van der Waals surface area contributed by atoms with Gasteiger partial charge in [0.05, 0.1) is 12.1 Å². The first-order valence-corrected chi connectivity index (χ1v) is 8.29. The lowest BCUT2D eigenvalue weighted by molar-refractivity contribution is -0.136. The van der Waals surface area contributed by atoms with Gasteiger partial charge in [-0.1, -0.05) is 36.6 Å². The average Bonchev–Trinajstić information content (AvgIpc) is 3.08. The third-order valence-electron chi connectivity index (χ3n) is 4.15. The number of benzene rings is 1. The van der Waals surface area contributed by atoms with Gasteiger partial charge < -0.3 is 5.11 Å². The number of aromatic nitrogens is 1. The molecule has 1 aliphatic rings. The van der Waals surface area contributed by atoms with E-state index >= 15 is 0 Å². The van der Waals surface area contributed by atoms with E-state index in [0.717, 1.165) is 22.9 Å². The van der Waals surface area contributed by atoms with Gasteiger partial charge in [0.15, 0.2) is 0 Å². The molecule has 21 heavy (non-hydrogen) atoms. The Bertz CT molecular complexity index is 645. The molecular weight excluding hydrogens is 306 g/mol. The highest BCUT2D eigenvalue weighted by molar-refractivity contribution is 7.09. The lowest BCUT2D eigenvalue weighted by Gasteiger charge is -2.27. The van der Waals surface area contributed by atoms with E-state index in [0.29, 0.717) is 5.69 Å². The van der Waals surface area contributed by atoms with Crippen molar-refractivity contribution in [1.29, 1.82) is 0 Å². The maximum Gasteiger partial charge on any atom is 0.309 e. The minimum Gasteiger partial charge on any atom is -0.481 e. The van der Waals surface area contributed by atoms with Crippen LogP contribution in [0, 0.1) is 0 Å². The third kappa shape index (κ3) is 2.83. The Kier molecular flexibility index (Phi) is 4.00. The largest absolute Gasteiger partial charge is 0.481 e. The van der Waals surface area contributed by atoms with Crippen LogP contribution in [0.5, 0.6) is 0 Å². The van der Waals surface area contributed by atoms with Crippen molar-refractivity contribution in [1.82, 2.24) is 4.98 Å². The summed E-state index contributed by atoms with van der Waals surface area (Å²) < 4.78 is 0. The van der Waals surface area contributed by atoms with Crippen LogP contribution in [0.2, 0.25) is 5.02 Å². The first-order valence-electron chi connectivity index (χ1n) is 7.03. The monoisotopic (exact) mass is 321 g/mol. The summed E-state index contributed by atoms with van der Waals surface area (Å²) in [6.45, 7) is 0. The second-order valence-electron chi connectivity index (χ2n) is 5.51. The molecule has 0 saturated heterocycles. The first-order chi connectivity index (χ1) is 10.1. The van der Waals surface area contributed by atoms with Gasteiger partial charge in [-0.15, -0.1) is 11.3 Å². The summed E-state index contributed by atoms with van der Waals surface area (Å²) in [6.07, 6.45) is 4.48. The number of carbonyl (C=O) groups is 1. The summed E-state index contributed by atoms with van der Waals surface area (Å²) in [6, 6.07) is 7.99. The molecule has 3 nitrogen and oxygen atoms in total. The van der Waals surface area contributed by atoms with E-state index in [-0.39, 0.29) is 11.8 Å². The highest BCUT2D eigenvalue weighted by Gasteiger charge is 2.39. The molecular formula is C16H16ClNO2S. The zero-order valence-corrected chi connectivity index (χ0v) is 13.1. The van der Waals surface area contributed by atoms with E-state index in [2.05, 4.69) is 17.1 Å². The van der Waals surface area contributed by atoms with Crippen LogP contribution in [0.15, 0.2) is 29.6 Å². The summed E-state index contributed by atoms with van der Waals surface area (Å²) >= 11 is 7.57. The van der Waals surface area contributed by atoms with Gasteiger partial charge in [0.2, 0.25) is 0 Å². The number of rotatable bonds is 4.